The minimum Gasteiger partial charge on any atom is -0.208 e. The molecular formula is C56H37N3S. The number of hydrogen-bond donors (Lipinski definition) is 0. The quantitative estimate of drug-likeness (QED) is 0.174. The molecule has 1 aliphatic rings. The summed E-state index contributed by atoms with van der Waals surface area (Å²) in [6.45, 7) is 2.34. The smallest absolute Gasteiger partial charge is 0.165 e. The molecule has 0 fully saturated rings. The Morgan fingerprint density at radius 3 is 1.87 bits per heavy atom. The number of rotatable bonds is 5. The van der Waals surface area contributed by atoms with E-state index in [1.165, 1.54) is 58.4 Å². The van der Waals surface area contributed by atoms with E-state index in [4.69, 9.17) is 15.0 Å². The van der Waals surface area contributed by atoms with Crippen LogP contribution >= 0.6 is 11.3 Å². The zero-order chi connectivity index (χ0) is 39.7. The second-order valence-corrected chi connectivity index (χ2v) is 16.9. The van der Waals surface area contributed by atoms with E-state index in [9.17, 15) is 0 Å². The Labute approximate surface area is 352 Å². The van der Waals surface area contributed by atoms with Gasteiger partial charge in [0, 0.05) is 36.9 Å². The molecule has 0 saturated heterocycles. The van der Waals surface area contributed by atoms with Crippen molar-refractivity contribution in [2.24, 2.45) is 0 Å². The molecule has 60 heavy (non-hydrogen) atoms. The van der Waals surface area contributed by atoms with Gasteiger partial charge in [-0.05, 0) is 96.2 Å². The predicted molar refractivity (Wildman–Crippen MR) is 254 cm³/mol. The zero-order valence-corrected chi connectivity index (χ0v) is 33.7. The summed E-state index contributed by atoms with van der Waals surface area (Å²) < 4.78 is 2.42. The van der Waals surface area contributed by atoms with Gasteiger partial charge in [-0.3, -0.25) is 0 Å². The van der Waals surface area contributed by atoms with Gasteiger partial charge in [-0.15, -0.1) is 11.3 Å². The molecule has 0 amide bonds. The molecule has 4 heteroatoms. The highest BCUT2D eigenvalue weighted by atomic mass is 32.1. The van der Waals surface area contributed by atoms with Gasteiger partial charge in [0.15, 0.2) is 17.5 Å². The fourth-order valence-corrected chi connectivity index (χ4v) is 10.7. The minimum absolute atomic E-state index is 0.413. The highest BCUT2D eigenvalue weighted by Crippen LogP contribution is 2.45. The number of allylic oxidation sites excluding steroid dienone is 1. The van der Waals surface area contributed by atoms with Crippen LogP contribution in [0.1, 0.15) is 30.4 Å². The molecule has 11 aromatic rings. The Morgan fingerprint density at radius 1 is 0.433 bits per heavy atom. The van der Waals surface area contributed by atoms with Crippen LogP contribution in [0.15, 0.2) is 182 Å². The molecule has 2 aromatic heterocycles. The molecule has 1 atom stereocenters. The Bertz CT molecular complexity index is 3550. The number of benzene rings is 9. The molecule has 0 spiro atoms. The molecule has 0 saturated carbocycles. The summed E-state index contributed by atoms with van der Waals surface area (Å²) in [5.41, 5.74) is 10.2. The highest BCUT2D eigenvalue weighted by Gasteiger charge is 2.24. The second-order valence-electron chi connectivity index (χ2n) is 15.9. The van der Waals surface area contributed by atoms with Crippen LogP contribution in [0.5, 0.6) is 0 Å². The van der Waals surface area contributed by atoms with Gasteiger partial charge in [-0.1, -0.05) is 177 Å². The zero-order valence-electron chi connectivity index (χ0n) is 32.9. The molecular weight excluding hydrogens is 747 g/mol. The predicted octanol–water partition coefficient (Wildman–Crippen LogP) is 15.6. The first-order valence-corrected chi connectivity index (χ1v) is 21.5. The fourth-order valence-electron chi connectivity index (χ4n) is 9.51. The summed E-state index contributed by atoms with van der Waals surface area (Å²) in [4.78, 5) is 16.6. The van der Waals surface area contributed by atoms with Crippen molar-refractivity contribution in [3.8, 4) is 56.4 Å². The van der Waals surface area contributed by atoms with E-state index in [0.29, 0.717) is 23.4 Å². The lowest BCUT2D eigenvalue weighted by molar-refractivity contribution is 0.774. The first kappa shape index (κ1) is 34.7. The van der Waals surface area contributed by atoms with E-state index in [0.717, 1.165) is 50.6 Å². The summed E-state index contributed by atoms with van der Waals surface area (Å²) >= 11 is 1.80. The Hall–Kier alpha value is -7.27. The lowest BCUT2D eigenvalue weighted by Gasteiger charge is -2.23. The maximum atomic E-state index is 5.58. The van der Waals surface area contributed by atoms with Crippen molar-refractivity contribution in [2.45, 2.75) is 19.3 Å². The van der Waals surface area contributed by atoms with E-state index in [1.54, 1.807) is 11.3 Å². The highest BCUT2D eigenvalue weighted by molar-refractivity contribution is 7.26. The van der Waals surface area contributed by atoms with Crippen molar-refractivity contribution >= 4 is 69.9 Å². The van der Waals surface area contributed by atoms with Gasteiger partial charge in [0.05, 0.1) is 0 Å². The van der Waals surface area contributed by atoms with E-state index in [2.05, 4.69) is 195 Å². The number of aromatic nitrogens is 3. The third kappa shape index (κ3) is 5.52. The number of fused-ring (bicyclic) bond motifs is 8. The molecule has 0 aliphatic heterocycles. The lowest BCUT2D eigenvalue weighted by Crippen LogP contribution is -2.04. The fraction of sp³-hybridized carbons (Fsp3) is 0.0536. The molecule has 282 valence electrons. The molecule has 3 nitrogen and oxygen atoms in total. The van der Waals surface area contributed by atoms with Gasteiger partial charge >= 0.3 is 0 Å². The van der Waals surface area contributed by atoms with E-state index in [-0.39, 0.29) is 0 Å². The first-order chi connectivity index (χ1) is 29.7. The molecule has 1 unspecified atom stereocenters. The van der Waals surface area contributed by atoms with Gasteiger partial charge in [0.1, 0.15) is 0 Å². The van der Waals surface area contributed by atoms with Crippen LogP contribution in [0.4, 0.5) is 0 Å². The Balaban J connectivity index is 1.18. The molecule has 0 bridgehead atoms. The maximum absolute atomic E-state index is 5.58. The van der Waals surface area contributed by atoms with Crippen molar-refractivity contribution in [3.63, 3.8) is 0 Å². The van der Waals surface area contributed by atoms with Crippen molar-refractivity contribution in [1.29, 1.82) is 0 Å². The van der Waals surface area contributed by atoms with E-state index in [1.807, 2.05) is 0 Å². The van der Waals surface area contributed by atoms with Gasteiger partial charge < -0.3 is 0 Å². The average Bonchev–Trinajstić information content (AvgIpc) is 3.70. The SMILES string of the molecule is CC1CC=Cc2c1cc(-c1ccccc1-c1nc(-c3c(-c4cccc5ccccc45)ccc4ccccc34)nc(-c3cccc4c3sc3ccccc34)n1)c1ccccc21. The largest absolute Gasteiger partial charge is 0.208 e. The summed E-state index contributed by atoms with van der Waals surface area (Å²) in [5, 5.41) is 9.56. The molecule has 12 rings (SSSR count). The Kier molecular flexibility index (Phi) is 8.07. The summed E-state index contributed by atoms with van der Waals surface area (Å²) in [5.74, 6) is 2.37. The standard InChI is InChI=1S/C56H37N3S/c1-34-15-12-26-41-40-21-6-7-22-42(40)50(33-49(34)41)43-23-8-9-25-47(43)54-57-55(48-29-14-28-46-44-24-10-11-30-51(44)60-53(46)48)59-56(58-54)52-38-20-5-3-17-36(38)31-32-45(52)39-27-13-18-35-16-2-4-19-37(35)39/h2-14,16-34H,15H2,1H3. The molecule has 0 N–H and O–H groups in total. The molecule has 0 radical (unpaired) electrons. The second kappa shape index (κ2) is 13.9. The molecule has 9 aromatic carbocycles. The van der Waals surface area contributed by atoms with Gasteiger partial charge in [-0.2, -0.15) is 0 Å². The van der Waals surface area contributed by atoms with Gasteiger partial charge in [0.25, 0.3) is 0 Å². The van der Waals surface area contributed by atoms with Gasteiger partial charge in [0.2, 0.25) is 0 Å². The summed E-state index contributed by atoms with van der Waals surface area (Å²) in [6.07, 6.45) is 5.65. The Morgan fingerprint density at radius 2 is 1.02 bits per heavy atom. The first-order valence-electron chi connectivity index (χ1n) is 20.7. The van der Waals surface area contributed by atoms with Crippen LogP contribution in [-0.2, 0) is 0 Å². The normalized spacial score (nSPS) is 13.8. The molecule has 2 heterocycles. The van der Waals surface area contributed by atoms with E-state index >= 15 is 0 Å². The van der Waals surface area contributed by atoms with Crippen molar-refractivity contribution < 1.29 is 0 Å². The van der Waals surface area contributed by atoms with Crippen molar-refractivity contribution in [3.05, 3.63) is 193 Å². The summed E-state index contributed by atoms with van der Waals surface area (Å²) in [6, 6.07) is 63.4. The van der Waals surface area contributed by atoms with Crippen LogP contribution < -0.4 is 0 Å². The molecule has 1 aliphatic carbocycles. The van der Waals surface area contributed by atoms with E-state index < -0.39 is 0 Å². The van der Waals surface area contributed by atoms with Crippen molar-refractivity contribution in [1.82, 2.24) is 15.0 Å². The lowest BCUT2D eigenvalue weighted by atomic mass is 9.82. The maximum Gasteiger partial charge on any atom is 0.165 e. The minimum atomic E-state index is 0.413. The topological polar surface area (TPSA) is 38.7 Å². The number of nitrogens with zero attached hydrogens (tertiary/aromatic N) is 3. The van der Waals surface area contributed by atoms with Gasteiger partial charge in [-0.25, -0.2) is 15.0 Å². The number of thiophene rings is 1. The number of hydrogen-bond acceptors (Lipinski definition) is 4. The van der Waals surface area contributed by atoms with Crippen LogP contribution in [0.2, 0.25) is 0 Å². The third-order valence-electron chi connectivity index (χ3n) is 12.4. The van der Waals surface area contributed by atoms with Crippen LogP contribution in [-0.4, -0.2) is 15.0 Å². The van der Waals surface area contributed by atoms with Crippen molar-refractivity contribution in [2.75, 3.05) is 0 Å². The average molecular weight is 784 g/mol. The van der Waals surface area contributed by atoms with Crippen LogP contribution in [0, 0.1) is 0 Å². The van der Waals surface area contributed by atoms with Crippen LogP contribution in [0.3, 0.4) is 0 Å². The summed E-state index contributed by atoms with van der Waals surface area (Å²) in [7, 11) is 0. The van der Waals surface area contributed by atoms with Crippen LogP contribution in [0.25, 0.3) is 115 Å². The monoisotopic (exact) mass is 783 g/mol. The third-order valence-corrected chi connectivity index (χ3v) is 13.6.